The van der Waals surface area contributed by atoms with Crippen LogP contribution in [0.2, 0.25) is 5.54 Å². The molecular weight excluding hydrogens is 260 g/mol. The van der Waals surface area contributed by atoms with Crippen LogP contribution < -0.4 is 15.1 Å². The molecule has 1 nitrogen and oxygen atoms in total. The van der Waals surface area contributed by atoms with Gasteiger partial charge in [0.15, 0.2) is 0 Å². The third-order valence-corrected chi connectivity index (χ3v) is 7.81. The largest absolute Gasteiger partial charge is 0.486 e. The van der Waals surface area contributed by atoms with Crippen LogP contribution in [0.3, 0.4) is 0 Å². The van der Waals surface area contributed by atoms with Gasteiger partial charge in [0, 0.05) is 5.54 Å². The molecule has 20 heavy (non-hydrogen) atoms. The first-order valence-corrected chi connectivity index (χ1v) is 8.91. The van der Waals surface area contributed by atoms with Crippen LogP contribution in [0, 0.1) is 0 Å². The Kier molecular flexibility index (Phi) is 2.82. The van der Waals surface area contributed by atoms with Gasteiger partial charge in [-0.25, -0.2) is 0 Å². The Hall–Kier alpha value is -2.06. The van der Waals surface area contributed by atoms with Crippen molar-refractivity contribution in [1.82, 2.24) is 0 Å². The second kappa shape index (κ2) is 4.80. The lowest BCUT2D eigenvalue weighted by molar-refractivity contribution is 0.247. The Labute approximate surface area is 120 Å². The van der Waals surface area contributed by atoms with Gasteiger partial charge in [-0.15, -0.1) is 0 Å². The average Bonchev–Trinajstić information content (AvgIpc) is 2.53. The summed E-state index contributed by atoms with van der Waals surface area (Å²) in [5.74, 6) is 1.08. The molecule has 0 fully saturated rings. The minimum Gasteiger partial charge on any atom is -0.486 e. The molecule has 1 aliphatic heterocycles. The van der Waals surface area contributed by atoms with Crippen molar-refractivity contribution in [2.45, 2.75) is 11.6 Å². The van der Waals surface area contributed by atoms with Crippen LogP contribution in [0.4, 0.5) is 0 Å². The van der Waals surface area contributed by atoms with Crippen LogP contribution in [-0.2, 0) is 0 Å². The summed E-state index contributed by atoms with van der Waals surface area (Å²) in [6, 6.07) is 19.5. The number of allylic oxidation sites excluding steroid dienone is 2. The van der Waals surface area contributed by atoms with E-state index in [1.165, 1.54) is 10.4 Å². The molecule has 2 heteroatoms. The molecule has 0 saturated heterocycles. The highest BCUT2D eigenvalue weighted by molar-refractivity contribution is 6.87. The molecule has 0 aromatic heterocycles. The third kappa shape index (κ3) is 1.84. The molecule has 2 aromatic carbocycles. The van der Waals surface area contributed by atoms with Gasteiger partial charge in [-0.3, -0.25) is 0 Å². The summed E-state index contributed by atoms with van der Waals surface area (Å²) in [7, 11) is -1.28. The van der Waals surface area contributed by atoms with Crippen LogP contribution >= 0.6 is 0 Å². The van der Waals surface area contributed by atoms with Gasteiger partial charge in [0.1, 0.15) is 20.7 Å². The molecule has 0 bridgehead atoms. The smallest absolute Gasteiger partial charge is 0.121 e. The van der Waals surface area contributed by atoms with Crippen LogP contribution in [0.5, 0.6) is 5.75 Å². The molecule has 1 unspecified atom stereocenters. The molecule has 3 atom stereocenters. The summed E-state index contributed by atoms with van der Waals surface area (Å²) < 4.78 is 6.18. The van der Waals surface area contributed by atoms with E-state index in [0.717, 1.165) is 5.75 Å². The molecule has 0 radical (unpaired) electrons. The highest BCUT2D eigenvalue weighted by atomic mass is 28.3. The van der Waals surface area contributed by atoms with E-state index in [1.54, 1.807) is 0 Å². The maximum atomic E-state index is 6.18. The molecule has 4 rings (SSSR count). The zero-order valence-corrected chi connectivity index (χ0v) is 12.3. The number of benzene rings is 2. The number of hydrogen-bond donors (Lipinski definition) is 0. The van der Waals surface area contributed by atoms with Gasteiger partial charge in [-0.2, -0.15) is 0 Å². The molecule has 98 valence electrons. The van der Waals surface area contributed by atoms with E-state index in [-0.39, 0.29) is 6.10 Å². The number of fused-ring (bicyclic) bond motifs is 2. The molecular formula is C18H16OSi. The van der Waals surface area contributed by atoms with Gasteiger partial charge in [0.25, 0.3) is 0 Å². The van der Waals surface area contributed by atoms with Gasteiger partial charge in [0.05, 0.1) is 0 Å². The lowest BCUT2D eigenvalue weighted by Gasteiger charge is -2.37. The van der Waals surface area contributed by atoms with E-state index in [0.29, 0.717) is 5.54 Å². The first kappa shape index (κ1) is 11.7. The second-order valence-corrected chi connectivity index (χ2v) is 8.37. The van der Waals surface area contributed by atoms with Gasteiger partial charge in [-0.1, -0.05) is 71.9 Å². The quantitative estimate of drug-likeness (QED) is 0.726. The monoisotopic (exact) mass is 276 g/mol. The fourth-order valence-corrected chi connectivity index (χ4v) is 6.86. The van der Waals surface area contributed by atoms with E-state index in [4.69, 9.17) is 4.74 Å². The van der Waals surface area contributed by atoms with Crippen molar-refractivity contribution in [2.75, 3.05) is 0 Å². The second-order valence-electron chi connectivity index (χ2n) is 5.36. The Morgan fingerprint density at radius 3 is 2.45 bits per heavy atom. The Morgan fingerprint density at radius 1 is 0.800 bits per heavy atom. The van der Waals surface area contributed by atoms with Crippen molar-refractivity contribution in [3.63, 3.8) is 0 Å². The first-order valence-electron chi connectivity index (χ1n) is 7.09. The standard InChI is InChI=1S/C18H16OSi/c1-2-8-14(9-3-1)20-17-12-6-4-10-15(17)19-16-11-5-7-13-18(16)20/h1-13,15,17,20H/t15-,17-,20?/m1/s1. The fourth-order valence-electron chi connectivity index (χ4n) is 3.28. The maximum Gasteiger partial charge on any atom is 0.121 e. The maximum absolute atomic E-state index is 6.18. The number of rotatable bonds is 1. The Morgan fingerprint density at radius 2 is 1.55 bits per heavy atom. The van der Waals surface area contributed by atoms with Crippen molar-refractivity contribution in [2.24, 2.45) is 0 Å². The summed E-state index contributed by atoms with van der Waals surface area (Å²) in [6.07, 6.45) is 9.01. The van der Waals surface area contributed by atoms with Crippen LogP contribution in [0.1, 0.15) is 0 Å². The average molecular weight is 276 g/mol. The zero-order chi connectivity index (χ0) is 13.4. The number of para-hydroxylation sites is 1. The molecule has 0 saturated carbocycles. The Bertz CT molecular complexity index is 675. The van der Waals surface area contributed by atoms with Crippen LogP contribution in [-0.4, -0.2) is 14.9 Å². The van der Waals surface area contributed by atoms with Crippen molar-refractivity contribution < 1.29 is 4.74 Å². The van der Waals surface area contributed by atoms with E-state index in [9.17, 15) is 0 Å². The lowest BCUT2D eigenvalue weighted by Crippen LogP contribution is -2.54. The topological polar surface area (TPSA) is 9.23 Å². The molecule has 1 heterocycles. The van der Waals surface area contributed by atoms with Crippen molar-refractivity contribution in [3.8, 4) is 5.75 Å². The van der Waals surface area contributed by atoms with Crippen molar-refractivity contribution in [3.05, 3.63) is 78.9 Å². The van der Waals surface area contributed by atoms with E-state index in [1.807, 2.05) is 0 Å². The minimum atomic E-state index is -1.28. The molecule has 0 amide bonds. The van der Waals surface area contributed by atoms with Gasteiger partial charge >= 0.3 is 0 Å². The highest BCUT2D eigenvalue weighted by Gasteiger charge is 2.38. The molecule has 0 N–H and O–H groups in total. The Balaban J connectivity index is 1.89. The van der Waals surface area contributed by atoms with E-state index < -0.39 is 8.80 Å². The van der Waals surface area contributed by atoms with Crippen LogP contribution in [0.15, 0.2) is 78.9 Å². The van der Waals surface area contributed by atoms with E-state index in [2.05, 4.69) is 78.9 Å². The molecule has 2 aromatic rings. The fraction of sp³-hybridized carbons (Fsp3) is 0.111. The van der Waals surface area contributed by atoms with E-state index >= 15 is 0 Å². The summed E-state index contributed by atoms with van der Waals surface area (Å²) in [6.45, 7) is 0. The predicted molar refractivity (Wildman–Crippen MR) is 85.7 cm³/mol. The normalized spacial score (nSPS) is 26.5. The zero-order valence-electron chi connectivity index (χ0n) is 11.1. The SMILES string of the molecule is C1=C[C@@H]2[C@@H](C=C1)Oc1ccccc1[SiH]2c1ccccc1. The van der Waals surface area contributed by atoms with Crippen molar-refractivity contribution in [1.29, 1.82) is 0 Å². The first-order chi connectivity index (χ1) is 9.93. The summed E-state index contributed by atoms with van der Waals surface area (Å²) in [4.78, 5) is 0. The summed E-state index contributed by atoms with van der Waals surface area (Å²) >= 11 is 0. The van der Waals surface area contributed by atoms with Crippen LogP contribution in [0.25, 0.3) is 0 Å². The van der Waals surface area contributed by atoms with Gasteiger partial charge in [-0.05, 0) is 17.3 Å². The molecule has 2 aliphatic rings. The number of ether oxygens (including phenoxy) is 1. The third-order valence-electron chi connectivity index (χ3n) is 4.19. The van der Waals surface area contributed by atoms with Gasteiger partial charge < -0.3 is 4.74 Å². The summed E-state index contributed by atoms with van der Waals surface area (Å²) in [5, 5.41) is 2.93. The minimum absolute atomic E-state index is 0.201. The van der Waals surface area contributed by atoms with Gasteiger partial charge in [0.2, 0.25) is 0 Å². The molecule has 1 aliphatic carbocycles. The molecule has 0 spiro atoms. The lowest BCUT2D eigenvalue weighted by atomic mass is 10.1. The van der Waals surface area contributed by atoms with Crippen molar-refractivity contribution >= 4 is 19.2 Å². The predicted octanol–water partition coefficient (Wildman–Crippen LogP) is 2.29. The highest BCUT2D eigenvalue weighted by Crippen LogP contribution is 2.32. The summed E-state index contributed by atoms with van der Waals surface area (Å²) in [5.41, 5.74) is 0.511. The number of hydrogen-bond acceptors (Lipinski definition) is 1.